The second-order valence-electron chi connectivity index (χ2n) is 12.0. The molecule has 0 aromatic heterocycles. The van der Waals surface area contributed by atoms with E-state index in [1.807, 2.05) is 17.0 Å². The number of halogens is 2. The van der Waals surface area contributed by atoms with Crippen molar-refractivity contribution >= 4 is 23.4 Å². The molecule has 41 heavy (non-hydrogen) atoms. The summed E-state index contributed by atoms with van der Waals surface area (Å²) in [5.74, 6) is -1.64. The van der Waals surface area contributed by atoms with Gasteiger partial charge in [-0.1, -0.05) is 52.2 Å². The molecule has 2 unspecified atom stereocenters. The summed E-state index contributed by atoms with van der Waals surface area (Å²) in [4.78, 5) is 33.8. The number of amides is 2. The zero-order chi connectivity index (χ0) is 29.7. The molecule has 1 aromatic rings. The molecule has 0 saturated heterocycles. The predicted molar refractivity (Wildman–Crippen MR) is 158 cm³/mol. The van der Waals surface area contributed by atoms with Crippen molar-refractivity contribution in [2.24, 2.45) is 28.5 Å². The van der Waals surface area contributed by atoms with Gasteiger partial charge in [0.1, 0.15) is 28.9 Å². The van der Waals surface area contributed by atoms with Crippen LogP contribution in [0.15, 0.2) is 53.1 Å². The summed E-state index contributed by atoms with van der Waals surface area (Å²) >= 11 is 0. The molecule has 7 nitrogen and oxygen atoms in total. The van der Waals surface area contributed by atoms with Gasteiger partial charge in [0.2, 0.25) is 0 Å². The van der Waals surface area contributed by atoms with Gasteiger partial charge >= 0.3 is 0 Å². The number of unbranched alkanes of at least 4 members (excludes halogenated alkanes) is 2. The van der Waals surface area contributed by atoms with Crippen molar-refractivity contribution in [3.05, 3.63) is 59.2 Å². The number of amidine groups is 1. The summed E-state index contributed by atoms with van der Waals surface area (Å²) in [7, 11) is 0. The molecule has 4 N–H and O–H groups in total. The van der Waals surface area contributed by atoms with Crippen LogP contribution >= 0.6 is 0 Å². The van der Waals surface area contributed by atoms with Crippen molar-refractivity contribution in [3.8, 4) is 0 Å². The molecule has 1 spiro atoms. The van der Waals surface area contributed by atoms with E-state index in [0.717, 1.165) is 50.2 Å². The average Bonchev–Trinajstić information content (AvgIpc) is 3.20. The Bertz CT molecular complexity index is 1230. The minimum absolute atomic E-state index is 0.0332. The maximum Gasteiger partial charge on any atom is 0.270 e. The summed E-state index contributed by atoms with van der Waals surface area (Å²) in [6.45, 7) is 6.55. The largest absolute Gasteiger partial charge is 0.386 e. The number of nitrogens with one attached hydrogen (secondary N) is 2. The van der Waals surface area contributed by atoms with E-state index in [0.29, 0.717) is 30.2 Å². The van der Waals surface area contributed by atoms with Crippen molar-refractivity contribution in [2.75, 3.05) is 6.54 Å². The number of nitrogens with two attached hydrogens (primary N) is 1. The second kappa shape index (κ2) is 13.1. The quantitative estimate of drug-likeness (QED) is 0.161. The fourth-order valence-corrected chi connectivity index (χ4v) is 6.49. The van der Waals surface area contributed by atoms with Gasteiger partial charge in [-0.05, 0) is 67.7 Å². The lowest BCUT2D eigenvalue weighted by Gasteiger charge is -2.46. The highest BCUT2D eigenvalue weighted by Crippen LogP contribution is 2.48. The van der Waals surface area contributed by atoms with Gasteiger partial charge < -0.3 is 16.0 Å². The highest BCUT2D eigenvalue weighted by atomic mass is 19.1. The third-order valence-electron chi connectivity index (χ3n) is 8.80. The molecule has 3 aliphatic rings. The van der Waals surface area contributed by atoms with Crippen LogP contribution < -0.4 is 11.1 Å². The second-order valence-corrected chi connectivity index (χ2v) is 12.0. The number of rotatable bonds is 11. The van der Waals surface area contributed by atoms with Gasteiger partial charge in [-0.3, -0.25) is 20.0 Å². The van der Waals surface area contributed by atoms with Gasteiger partial charge in [0.25, 0.3) is 11.8 Å². The van der Waals surface area contributed by atoms with E-state index in [4.69, 9.17) is 16.1 Å². The van der Waals surface area contributed by atoms with Gasteiger partial charge in [-0.15, -0.1) is 0 Å². The van der Waals surface area contributed by atoms with E-state index in [9.17, 15) is 18.4 Å². The lowest BCUT2D eigenvalue weighted by Crippen LogP contribution is -2.51. The molecule has 1 fully saturated rings. The van der Waals surface area contributed by atoms with Gasteiger partial charge in [0, 0.05) is 24.0 Å². The van der Waals surface area contributed by atoms with E-state index < -0.39 is 23.2 Å². The molecule has 222 valence electrons. The van der Waals surface area contributed by atoms with Gasteiger partial charge in [0.15, 0.2) is 0 Å². The van der Waals surface area contributed by atoms with Crippen LogP contribution in [0.3, 0.4) is 0 Å². The molecule has 2 amide bonds. The molecule has 2 aliphatic carbocycles. The van der Waals surface area contributed by atoms with E-state index in [-0.39, 0.29) is 42.4 Å². The highest BCUT2D eigenvalue weighted by molar-refractivity contribution is 6.41. The Hall–Kier alpha value is -3.36. The van der Waals surface area contributed by atoms with E-state index >= 15 is 0 Å². The van der Waals surface area contributed by atoms with E-state index in [1.165, 1.54) is 6.08 Å². The van der Waals surface area contributed by atoms with Crippen LogP contribution in [0.1, 0.15) is 101 Å². The smallest absolute Gasteiger partial charge is 0.270 e. The fraction of sp³-hybridized carbons (Fsp3) is 0.562. The standard InChI is InChI=1S/C32H43F2N5O2/c1-4-5-6-7-27(22-8-10-23(11-9-22)30(40)37-19-28(35)36)39-31(41)29(24-16-25(33)18-26(34)17-24)38-32(39)14-12-21(13-15-32)20(2)3/h8-11,16,18,20-21,24,27H,4-7,12-15,17,19H2,1-3H3,(H3,35,36)(H,37,40). The SMILES string of the molecule is CCCCCC(c1ccc(C(=O)NCC(=N)N)cc1)N1C(=O)C(C2C=C(F)C=C(F)C2)=NC12CCC(C(C)C)CC2. The van der Waals surface area contributed by atoms with Crippen molar-refractivity contribution in [2.45, 2.75) is 90.3 Å². The average molecular weight is 568 g/mol. The zero-order valence-corrected chi connectivity index (χ0v) is 24.4. The number of hydrogen-bond donors (Lipinski definition) is 3. The van der Waals surface area contributed by atoms with E-state index in [1.54, 1.807) is 12.1 Å². The van der Waals surface area contributed by atoms with Crippen LogP contribution in [0.2, 0.25) is 0 Å². The molecule has 1 aromatic carbocycles. The number of benzene rings is 1. The summed E-state index contributed by atoms with van der Waals surface area (Å²) in [5, 5.41) is 9.96. The predicted octanol–water partition coefficient (Wildman–Crippen LogP) is 6.53. The van der Waals surface area contributed by atoms with Gasteiger partial charge in [-0.25, -0.2) is 8.78 Å². The van der Waals surface area contributed by atoms with Crippen LogP contribution in [0, 0.1) is 23.2 Å². The Morgan fingerprint density at radius 1 is 1.20 bits per heavy atom. The van der Waals surface area contributed by atoms with Crippen LogP contribution in [0.5, 0.6) is 0 Å². The minimum Gasteiger partial charge on any atom is -0.386 e. The number of allylic oxidation sites excluding steroid dienone is 4. The summed E-state index contributed by atoms with van der Waals surface area (Å²) < 4.78 is 28.6. The highest BCUT2D eigenvalue weighted by Gasteiger charge is 2.53. The van der Waals surface area contributed by atoms with Crippen LogP contribution in [0.25, 0.3) is 0 Å². The molecular weight excluding hydrogens is 524 g/mol. The fourth-order valence-electron chi connectivity index (χ4n) is 6.49. The Kier molecular flexibility index (Phi) is 9.76. The number of nitrogens with zero attached hydrogens (tertiary/aromatic N) is 2. The first kappa shape index (κ1) is 30.6. The normalized spacial score (nSPS) is 25.2. The Labute approximate surface area is 241 Å². The molecule has 1 heterocycles. The third-order valence-corrected chi connectivity index (χ3v) is 8.80. The first-order chi connectivity index (χ1) is 19.5. The summed E-state index contributed by atoms with van der Waals surface area (Å²) in [6.07, 6.45) is 9.05. The Morgan fingerprint density at radius 3 is 2.46 bits per heavy atom. The van der Waals surface area contributed by atoms with Crippen molar-refractivity contribution in [1.29, 1.82) is 5.41 Å². The molecule has 0 radical (unpaired) electrons. The Morgan fingerprint density at radius 2 is 1.88 bits per heavy atom. The number of carbonyl (C=O) groups excluding carboxylic acids is 2. The first-order valence-electron chi connectivity index (χ1n) is 14.9. The topological polar surface area (TPSA) is 112 Å². The number of aliphatic imine (C=N–C) groups is 1. The summed E-state index contributed by atoms with van der Waals surface area (Å²) in [5.41, 5.74) is 6.19. The van der Waals surface area contributed by atoms with Crippen molar-refractivity contribution < 1.29 is 18.4 Å². The van der Waals surface area contributed by atoms with E-state index in [2.05, 4.69) is 26.1 Å². The maximum absolute atomic E-state index is 14.3. The molecule has 2 atom stereocenters. The first-order valence-corrected chi connectivity index (χ1v) is 14.9. The molecular formula is C32H43F2N5O2. The van der Waals surface area contributed by atoms with Gasteiger partial charge in [-0.2, -0.15) is 0 Å². The summed E-state index contributed by atoms with van der Waals surface area (Å²) in [6, 6.07) is 6.91. The molecule has 9 heteroatoms. The molecule has 0 bridgehead atoms. The van der Waals surface area contributed by atoms with Crippen LogP contribution in [-0.4, -0.2) is 40.5 Å². The lowest BCUT2D eigenvalue weighted by atomic mass is 9.76. The molecule has 1 aliphatic heterocycles. The van der Waals surface area contributed by atoms with Gasteiger partial charge in [0.05, 0.1) is 12.6 Å². The van der Waals surface area contributed by atoms with Crippen LogP contribution in [0.4, 0.5) is 8.78 Å². The maximum atomic E-state index is 14.3. The lowest BCUT2D eigenvalue weighted by molar-refractivity contribution is -0.133. The van der Waals surface area contributed by atoms with Crippen molar-refractivity contribution in [3.63, 3.8) is 0 Å². The monoisotopic (exact) mass is 567 g/mol. The molecule has 1 saturated carbocycles. The van der Waals surface area contributed by atoms with Crippen LogP contribution in [-0.2, 0) is 4.79 Å². The Balaban J connectivity index is 1.70. The minimum atomic E-state index is -0.756. The molecule has 4 rings (SSSR count). The van der Waals surface area contributed by atoms with Crippen molar-refractivity contribution in [1.82, 2.24) is 10.2 Å². The number of carbonyl (C=O) groups is 2. The zero-order valence-electron chi connectivity index (χ0n) is 24.4. The third kappa shape index (κ3) is 6.93. The number of hydrogen-bond acceptors (Lipinski definition) is 4.